The summed E-state index contributed by atoms with van der Waals surface area (Å²) in [7, 11) is 0. The molecular weight excluding hydrogens is 437 g/mol. The molecule has 0 amide bonds. The summed E-state index contributed by atoms with van der Waals surface area (Å²) in [5.74, 6) is 2.51. The zero-order valence-corrected chi connectivity index (χ0v) is 20.6. The number of hydrogen-bond acceptors (Lipinski definition) is 5. The summed E-state index contributed by atoms with van der Waals surface area (Å²) in [6.45, 7) is 10.6. The molecule has 0 spiro atoms. The summed E-state index contributed by atoms with van der Waals surface area (Å²) in [5.41, 5.74) is 1.85. The van der Waals surface area contributed by atoms with Crippen LogP contribution in [0.5, 0.6) is 0 Å². The Morgan fingerprint density at radius 1 is 1.15 bits per heavy atom. The first kappa shape index (κ1) is 23.8. The Hall–Kier alpha value is -2.32. The van der Waals surface area contributed by atoms with Crippen molar-refractivity contribution >= 4 is 29.1 Å². The summed E-state index contributed by atoms with van der Waals surface area (Å²) >= 11 is 5.60. The molecule has 3 heterocycles. The molecule has 2 aromatic rings. The second-order valence-corrected chi connectivity index (χ2v) is 10.2. The normalized spacial score (nSPS) is 22.6. The summed E-state index contributed by atoms with van der Waals surface area (Å²) in [4.78, 5) is 11.7. The van der Waals surface area contributed by atoms with Crippen LogP contribution in [-0.4, -0.2) is 47.9 Å². The standard InChI is InChI=1S/C25H34FN5OS/c1-17-12-18(2)15-31(14-17)22-13-19(3)28-23(29-22)30-24(33)27-16-25(8-10-32-11-9-25)20-4-6-21(26)7-5-20/h4-7,13,17-18H,8-12,14-16H2,1-3H3,(H2,27,28,29,30,33)/t17-,18-/m1/s1. The van der Waals surface area contributed by atoms with Crippen molar-refractivity contribution in [2.45, 2.75) is 45.4 Å². The second kappa shape index (κ2) is 10.3. The van der Waals surface area contributed by atoms with Gasteiger partial charge in [0.15, 0.2) is 5.11 Å². The topological polar surface area (TPSA) is 62.3 Å². The first-order valence-electron chi connectivity index (χ1n) is 11.8. The van der Waals surface area contributed by atoms with Gasteiger partial charge in [-0.25, -0.2) is 9.37 Å². The molecule has 33 heavy (non-hydrogen) atoms. The van der Waals surface area contributed by atoms with Crippen LogP contribution in [0.3, 0.4) is 0 Å². The summed E-state index contributed by atoms with van der Waals surface area (Å²) in [6.07, 6.45) is 2.95. The van der Waals surface area contributed by atoms with E-state index in [4.69, 9.17) is 21.9 Å². The number of benzene rings is 1. The van der Waals surface area contributed by atoms with Crippen molar-refractivity contribution in [1.29, 1.82) is 0 Å². The first-order valence-corrected chi connectivity index (χ1v) is 12.2. The van der Waals surface area contributed by atoms with Crippen LogP contribution in [0.1, 0.15) is 44.4 Å². The van der Waals surface area contributed by atoms with E-state index in [0.717, 1.165) is 43.0 Å². The van der Waals surface area contributed by atoms with Gasteiger partial charge in [0, 0.05) is 50.0 Å². The Kier molecular flexibility index (Phi) is 7.44. The molecule has 178 valence electrons. The van der Waals surface area contributed by atoms with E-state index in [-0.39, 0.29) is 11.2 Å². The molecule has 2 fully saturated rings. The number of piperidine rings is 1. The highest BCUT2D eigenvalue weighted by Gasteiger charge is 2.34. The number of nitrogens with zero attached hydrogens (tertiary/aromatic N) is 3. The Balaban J connectivity index is 1.43. The van der Waals surface area contributed by atoms with Crippen molar-refractivity contribution in [3.63, 3.8) is 0 Å². The van der Waals surface area contributed by atoms with Crippen molar-refractivity contribution in [2.24, 2.45) is 11.8 Å². The number of anilines is 2. The highest BCUT2D eigenvalue weighted by molar-refractivity contribution is 7.80. The Morgan fingerprint density at radius 2 is 1.82 bits per heavy atom. The molecule has 0 unspecified atom stereocenters. The number of ether oxygens (including phenoxy) is 1. The SMILES string of the molecule is Cc1cc(N2C[C@H](C)C[C@@H](C)C2)nc(NC(=S)NCC2(c3ccc(F)cc3)CCOCC2)n1. The molecule has 2 aliphatic rings. The van der Waals surface area contributed by atoms with Crippen LogP contribution < -0.4 is 15.5 Å². The third-order valence-corrected chi connectivity index (χ3v) is 7.00. The lowest BCUT2D eigenvalue weighted by Gasteiger charge is -2.38. The fraction of sp³-hybridized carbons (Fsp3) is 0.560. The minimum absolute atomic E-state index is 0.156. The highest BCUT2D eigenvalue weighted by atomic mass is 32.1. The molecule has 2 atom stereocenters. The van der Waals surface area contributed by atoms with Crippen LogP contribution >= 0.6 is 12.2 Å². The monoisotopic (exact) mass is 471 g/mol. The number of thiocarbonyl (C=S) groups is 1. The average Bonchev–Trinajstić information content (AvgIpc) is 2.78. The molecule has 1 aromatic carbocycles. The van der Waals surface area contributed by atoms with Crippen LogP contribution in [-0.2, 0) is 10.2 Å². The van der Waals surface area contributed by atoms with Crippen molar-refractivity contribution in [3.05, 3.63) is 47.4 Å². The second-order valence-electron chi connectivity index (χ2n) is 9.75. The smallest absolute Gasteiger partial charge is 0.231 e. The lowest BCUT2D eigenvalue weighted by molar-refractivity contribution is 0.0515. The minimum atomic E-state index is -0.226. The Bertz CT molecular complexity index is 954. The molecule has 2 aliphatic heterocycles. The maximum absolute atomic E-state index is 13.5. The van der Waals surface area contributed by atoms with Crippen molar-refractivity contribution in [2.75, 3.05) is 43.1 Å². The molecule has 4 rings (SSSR count). The third-order valence-electron chi connectivity index (χ3n) is 6.75. The number of nitrogens with one attached hydrogen (secondary N) is 2. The molecule has 1 aromatic heterocycles. The van der Waals surface area contributed by atoms with Gasteiger partial charge < -0.3 is 20.3 Å². The highest BCUT2D eigenvalue weighted by Crippen LogP contribution is 2.34. The molecule has 0 bridgehead atoms. The van der Waals surface area contributed by atoms with E-state index in [1.807, 2.05) is 25.1 Å². The maximum Gasteiger partial charge on any atom is 0.231 e. The van der Waals surface area contributed by atoms with Gasteiger partial charge in [0.25, 0.3) is 0 Å². The molecular formula is C25H34FN5OS. The Labute approximate surface area is 201 Å². The van der Waals surface area contributed by atoms with Crippen molar-refractivity contribution in [1.82, 2.24) is 15.3 Å². The van der Waals surface area contributed by atoms with E-state index in [2.05, 4.69) is 34.4 Å². The number of rotatable bonds is 5. The van der Waals surface area contributed by atoms with Crippen LogP contribution in [0, 0.1) is 24.6 Å². The summed E-state index contributed by atoms with van der Waals surface area (Å²) in [6, 6.07) is 8.82. The van der Waals surface area contributed by atoms with E-state index >= 15 is 0 Å². The molecule has 0 aliphatic carbocycles. The van der Waals surface area contributed by atoms with E-state index in [1.54, 1.807) is 0 Å². The van der Waals surface area contributed by atoms with E-state index < -0.39 is 0 Å². The molecule has 0 radical (unpaired) electrons. The minimum Gasteiger partial charge on any atom is -0.381 e. The lowest BCUT2D eigenvalue weighted by Crippen LogP contribution is -2.45. The van der Waals surface area contributed by atoms with Gasteiger partial charge in [0.2, 0.25) is 5.95 Å². The van der Waals surface area contributed by atoms with E-state index in [1.165, 1.54) is 18.6 Å². The van der Waals surface area contributed by atoms with Gasteiger partial charge in [-0.2, -0.15) is 4.98 Å². The Morgan fingerprint density at radius 3 is 2.48 bits per heavy atom. The van der Waals surface area contributed by atoms with Crippen LogP contribution in [0.2, 0.25) is 0 Å². The van der Waals surface area contributed by atoms with Crippen LogP contribution in [0.4, 0.5) is 16.2 Å². The predicted molar refractivity (Wildman–Crippen MR) is 134 cm³/mol. The molecule has 2 saturated heterocycles. The zero-order chi connectivity index (χ0) is 23.4. The van der Waals surface area contributed by atoms with E-state index in [0.29, 0.717) is 42.7 Å². The van der Waals surface area contributed by atoms with Gasteiger partial charge in [-0.15, -0.1) is 0 Å². The maximum atomic E-state index is 13.5. The predicted octanol–water partition coefficient (Wildman–Crippen LogP) is 4.44. The number of hydrogen-bond donors (Lipinski definition) is 2. The first-order chi connectivity index (χ1) is 15.8. The quantitative estimate of drug-likeness (QED) is 0.625. The van der Waals surface area contributed by atoms with Crippen LogP contribution in [0.25, 0.3) is 0 Å². The van der Waals surface area contributed by atoms with Gasteiger partial charge in [-0.3, -0.25) is 0 Å². The molecule has 8 heteroatoms. The lowest BCUT2D eigenvalue weighted by atomic mass is 9.74. The van der Waals surface area contributed by atoms with Gasteiger partial charge in [-0.1, -0.05) is 26.0 Å². The summed E-state index contributed by atoms with van der Waals surface area (Å²) < 4.78 is 19.1. The van der Waals surface area contributed by atoms with Gasteiger partial charge in [-0.05, 0) is 67.9 Å². The fourth-order valence-corrected chi connectivity index (χ4v) is 5.31. The molecule has 2 N–H and O–H groups in total. The van der Waals surface area contributed by atoms with Crippen molar-refractivity contribution in [3.8, 4) is 0 Å². The zero-order valence-electron chi connectivity index (χ0n) is 19.7. The number of halogens is 1. The summed E-state index contributed by atoms with van der Waals surface area (Å²) in [5, 5.41) is 7.03. The van der Waals surface area contributed by atoms with E-state index in [9.17, 15) is 4.39 Å². The number of aryl methyl sites for hydroxylation is 1. The average molecular weight is 472 g/mol. The number of aromatic nitrogens is 2. The molecule has 0 saturated carbocycles. The van der Waals surface area contributed by atoms with Crippen molar-refractivity contribution < 1.29 is 9.13 Å². The molecule has 6 nitrogen and oxygen atoms in total. The largest absolute Gasteiger partial charge is 0.381 e. The van der Waals surface area contributed by atoms with Gasteiger partial charge >= 0.3 is 0 Å². The van der Waals surface area contributed by atoms with Gasteiger partial charge in [0.05, 0.1) is 0 Å². The van der Waals surface area contributed by atoms with Gasteiger partial charge in [0.1, 0.15) is 11.6 Å². The fourth-order valence-electron chi connectivity index (χ4n) is 5.15. The van der Waals surface area contributed by atoms with Crippen LogP contribution in [0.15, 0.2) is 30.3 Å². The third kappa shape index (κ3) is 5.98.